The Balaban J connectivity index is 3.30. The number of hydrogen-bond acceptors (Lipinski definition) is 2. The molecule has 0 aromatic heterocycles. The van der Waals surface area contributed by atoms with Crippen molar-refractivity contribution in [2.75, 3.05) is 20.2 Å². The molecule has 7 heteroatoms. The van der Waals surface area contributed by atoms with E-state index in [-0.39, 0.29) is 16.5 Å². The standard InChI is InChI=1S/C10H12Cl2NO3S/c1-7-8(11)3-4-9(10(7)12)17(15,16)13(2)5-6-14/h3-4H,5-6H2,1-2H3. The van der Waals surface area contributed by atoms with E-state index in [1.807, 2.05) is 0 Å². The Morgan fingerprint density at radius 1 is 1.29 bits per heavy atom. The van der Waals surface area contributed by atoms with Crippen LogP contribution in [-0.2, 0) is 15.1 Å². The van der Waals surface area contributed by atoms with Crippen molar-refractivity contribution < 1.29 is 13.5 Å². The Kier molecular flexibility index (Phi) is 4.80. The second-order valence-corrected chi connectivity index (χ2v) is 6.31. The highest BCUT2D eigenvalue weighted by atomic mass is 35.5. The van der Waals surface area contributed by atoms with Crippen molar-refractivity contribution in [1.29, 1.82) is 0 Å². The van der Waals surface area contributed by atoms with Gasteiger partial charge in [0.1, 0.15) is 4.90 Å². The first-order valence-electron chi connectivity index (χ1n) is 4.81. The number of halogens is 2. The fourth-order valence-corrected chi connectivity index (χ4v) is 3.19. The average Bonchev–Trinajstić information content (AvgIpc) is 2.26. The predicted octanol–water partition coefficient (Wildman–Crippen LogP) is 2.35. The second-order valence-electron chi connectivity index (χ2n) is 3.52. The van der Waals surface area contributed by atoms with Crippen LogP contribution in [0, 0.1) is 6.92 Å². The first-order valence-corrected chi connectivity index (χ1v) is 7.01. The maximum absolute atomic E-state index is 12.1. The first-order chi connectivity index (χ1) is 7.82. The normalized spacial score (nSPS) is 12.1. The highest BCUT2D eigenvalue weighted by Crippen LogP contribution is 2.31. The van der Waals surface area contributed by atoms with Crippen LogP contribution in [0.4, 0.5) is 0 Å². The van der Waals surface area contributed by atoms with Crippen molar-refractivity contribution in [3.05, 3.63) is 27.7 Å². The Bertz CT molecular complexity index is 517. The van der Waals surface area contributed by atoms with Gasteiger partial charge in [-0.15, -0.1) is 0 Å². The first kappa shape index (κ1) is 14.7. The lowest BCUT2D eigenvalue weighted by Gasteiger charge is -2.17. The quantitative estimate of drug-likeness (QED) is 0.856. The van der Waals surface area contributed by atoms with Crippen molar-refractivity contribution in [3.8, 4) is 0 Å². The lowest BCUT2D eigenvalue weighted by atomic mass is 10.2. The van der Waals surface area contributed by atoms with Crippen LogP contribution < -0.4 is 0 Å². The molecule has 0 aliphatic carbocycles. The van der Waals surface area contributed by atoms with Crippen LogP contribution in [0.15, 0.2) is 17.0 Å². The fourth-order valence-electron chi connectivity index (χ4n) is 1.25. The smallest absolute Gasteiger partial charge is 0.235 e. The maximum atomic E-state index is 12.1. The molecule has 0 atom stereocenters. The SMILES string of the molecule is Cc1c(Cl)ccc(S(=O)(=O)N(C)CC[O])c1Cl. The van der Waals surface area contributed by atoms with E-state index in [0.29, 0.717) is 10.6 Å². The van der Waals surface area contributed by atoms with Crippen molar-refractivity contribution in [2.24, 2.45) is 0 Å². The van der Waals surface area contributed by atoms with Crippen LogP contribution in [0.25, 0.3) is 0 Å². The van der Waals surface area contributed by atoms with Gasteiger partial charge in [0.15, 0.2) is 0 Å². The summed E-state index contributed by atoms with van der Waals surface area (Å²) < 4.78 is 25.1. The molecule has 0 N–H and O–H groups in total. The van der Waals surface area contributed by atoms with Crippen molar-refractivity contribution in [2.45, 2.75) is 11.8 Å². The number of nitrogens with zero attached hydrogens (tertiary/aromatic N) is 1. The summed E-state index contributed by atoms with van der Waals surface area (Å²) in [6, 6.07) is 2.81. The molecule has 0 fully saturated rings. The Hall–Kier alpha value is -0.330. The maximum Gasteiger partial charge on any atom is 0.244 e. The molecular formula is C10H12Cl2NO3S. The molecule has 95 valence electrons. The summed E-state index contributed by atoms with van der Waals surface area (Å²) in [4.78, 5) is -0.0305. The molecule has 1 radical (unpaired) electrons. The number of rotatable bonds is 4. The highest BCUT2D eigenvalue weighted by molar-refractivity contribution is 7.89. The second kappa shape index (κ2) is 5.54. The fraction of sp³-hybridized carbons (Fsp3) is 0.400. The third-order valence-electron chi connectivity index (χ3n) is 2.38. The van der Waals surface area contributed by atoms with Gasteiger partial charge in [-0.25, -0.2) is 13.5 Å². The van der Waals surface area contributed by atoms with Crippen LogP contribution in [0.5, 0.6) is 0 Å². The van der Waals surface area contributed by atoms with E-state index in [2.05, 4.69) is 0 Å². The van der Waals surface area contributed by atoms with E-state index in [1.54, 1.807) is 6.92 Å². The van der Waals surface area contributed by atoms with Gasteiger partial charge in [-0.2, -0.15) is 4.31 Å². The minimum absolute atomic E-state index is 0.0305. The topological polar surface area (TPSA) is 57.3 Å². The average molecular weight is 297 g/mol. The van der Waals surface area contributed by atoms with Gasteiger partial charge in [-0.05, 0) is 24.6 Å². The van der Waals surface area contributed by atoms with Crippen LogP contribution in [-0.4, -0.2) is 32.9 Å². The molecule has 1 aromatic rings. The zero-order valence-corrected chi connectivity index (χ0v) is 11.7. The molecule has 0 heterocycles. The monoisotopic (exact) mass is 296 g/mol. The molecule has 17 heavy (non-hydrogen) atoms. The van der Waals surface area contributed by atoms with Crippen LogP contribution in [0.2, 0.25) is 10.0 Å². The molecule has 0 aliphatic rings. The van der Waals surface area contributed by atoms with Gasteiger partial charge >= 0.3 is 0 Å². The zero-order chi connectivity index (χ0) is 13.2. The van der Waals surface area contributed by atoms with Crippen molar-refractivity contribution >= 4 is 33.2 Å². The molecule has 0 aliphatic heterocycles. The van der Waals surface area contributed by atoms with E-state index in [9.17, 15) is 13.5 Å². The summed E-state index contributed by atoms with van der Waals surface area (Å²) in [7, 11) is -2.39. The molecule has 0 spiro atoms. The zero-order valence-electron chi connectivity index (χ0n) is 9.41. The molecule has 1 aromatic carbocycles. The summed E-state index contributed by atoms with van der Waals surface area (Å²) >= 11 is 11.8. The minimum Gasteiger partial charge on any atom is -0.235 e. The van der Waals surface area contributed by atoms with Gasteiger partial charge in [0.25, 0.3) is 0 Å². The lowest BCUT2D eigenvalue weighted by molar-refractivity contribution is 0.178. The van der Waals surface area contributed by atoms with Crippen molar-refractivity contribution in [3.63, 3.8) is 0 Å². The number of benzene rings is 1. The molecule has 1 rings (SSSR count). The van der Waals surface area contributed by atoms with Crippen LogP contribution in [0.3, 0.4) is 0 Å². The summed E-state index contributed by atoms with van der Waals surface area (Å²) in [5.41, 5.74) is 0.505. The van der Waals surface area contributed by atoms with E-state index in [1.165, 1.54) is 19.2 Å². The third-order valence-corrected chi connectivity index (χ3v) is 5.29. The van der Waals surface area contributed by atoms with E-state index in [4.69, 9.17) is 23.2 Å². The van der Waals surface area contributed by atoms with E-state index >= 15 is 0 Å². The van der Waals surface area contributed by atoms with Gasteiger partial charge in [-0.1, -0.05) is 23.2 Å². The molecule has 4 nitrogen and oxygen atoms in total. The Morgan fingerprint density at radius 2 is 1.88 bits per heavy atom. The predicted molar refractivity (Wildman–Crippen MR) is 66.6 cm³/mol. The summed E-state index contributed by atoms with van der Waals surface area (Å²) in [5.74, 6) is 0. The molecule has 0 bridgehead atoms. The minimum atomic E-state index is -3.73. The summed E-state index contributed by atoms with van der Waals surface area (Å²) in [6.07, 6.45) is 0. The molecular weight excluding hydrogens is 285 g/mol. The van der Waals surface area contributed by atoms with Crippen LogP contribution in [0.1, 0.15) is 5.56 Å². The molecule has 0 saturated carbocycles. The third kappa shape index (κ3) is 2.92. The number of sulfonamides is 1. The van der Waals surface area contributed by atoms with Gasteiger partial charge in [0.2, 0.25) is 10.0 Å². The molecule has 0 unspecified atom stereocenters. The molecule has 0 amide bonds. The van der Waals surface area contributed by atoms with Gasteiger partial charge in [0.05, 0.1) is 11.6 Å². The molecule has 0 saturated heterocycles. The Morgan fingerprint density at radius 3 is 2.41 bits per heavy atom. The van der Waals surface area contributed by atoms with Gasteiger partial charge < -0.3 is 0 Å². The lowest BCUT2D eigenvalue weighted by Crippen LogP contribution is -2.29. The van der Waals surface area contributed by atoms with E-state index in [0.717, 1.165) is 4.31 Å². The largest absolute Gasteiger partial charge is 0.244 e. The highest BCUT2D eigenvalue weighted by Gasteiger charge is 2.24. The van der Waals surface area contributed by atoms with Crippen LogP contribution >= 0.6 is 23.2 Å². The number of hydrogen-bond donors (Lipinski definition) is 0. The number of likely N-dealkylation sites (N-methyl/N-ethyl adjacent to an activating group) is 1. The Labute approximate surface area is 111 Å². The van der Waals surface area contributed by atoms with Gasteiger partial charge in [-0.3, -0.25) is 0 Å². The van der Waals surface area contributed by atoms with E-state index < -0.39 is 16.6 Å². The summed E-state index contributed by atoms with van der Waals surface area (Å²) in [6.45, 7) is 1.04. The van der Waals surface area contributed by atoms with Gasteiger partial charge in [0, 0.05) is 18.6 Å². The summed E-state index contributed by atoms with van der Waals surface area (Å²) in [5, 5.41) is 11.0. The van der Waals surface area contributed by atoms with Crippen molar-refractivity contribution in [1.82, 2.24) is 4.31 Å².